The molecule has 0 saturated heterocycles. The van der Waals surface area contributed by atoms with Gasteiger partial charge in [0.05, 0.1) is 0 Å². The number of nitrogens with two attached hydrogens (primary N) is 1. The van der Waals surface area contributed by atoms with Crippen molar-refractivity contribution in [1.29, 1.82) is 0 Å². The Morgan fingerprint density at radius 3 is 2.17 bits per heavy atom. The van der Waals surface area contributed by atoms with Gasteiger partial charge >= 0.3 is 5.97 Å². The maximum Gasteiger partial charge on any atom is 0.322 e. The number of aryl methyl sites for hydroxylation is 2. The molecule has 24 heavy (non-hydrogen) atoms. The lowest BCUT2D eigenvalue weighted by molar-refractivity contribution is -0.150. The van der Waals surface area contributed by atoms with Crippen LogP contribution in [0.2, 0.25) is 0 Å². The molecule has 4 heteroatoms. The van der Waals surface area contributed by atoms with Gasteiger partial charge in [0.15, 0.2) is 0 Å². The number of carbonyl (C=O) groups excluding carboxylic acids is 1. The third kappa shape index (κ3) is 4.20. The average Bonchev–Trinajstić information content (AvgIpc) is 2.51. The van der Waals surface area contributed by atoms with E-state index in [9.17, 15) is 9.18 Å². The fourth-order valence-electron chi connectivity index (χ4n) is 2.72. The maximum absolute atomic E-state index is 14.6. The summed E-state index contributed by atoms with van der Waals surface area (Å²) >= 11 is 0. The van der Waals surface area contributed by atoms with Gasteiger partial charge in [0, 0.05) is 5.92 Å². The summed E-state index contributed by atoms with van der Waals surface area (Å²) in [6.07, 6.45) is -0.539. The van der Waals surface area contributed by atoms with E-state index in [0.29, 0.717) is 5.56 Å². The first-order valence-corrected chi connectivity index (χ1v) is 8.08. The highest BCUT2D eigenvalue weighted by atomic mass is 19.1. The van der Waals surface area contributed by atoms with Gasteiger partial charge < -0.3 is 10.5 Å². The highest BCUT2D eigenvalue weighted by Gasteiger charge is 2.28. The third-order valence-corrected chi connectivity index (χ3v) is 4.07. The van der Waals surface area contributed by atoms with Gasteiger partial charge in [-0.05, 0) is 50.5 Å². The van der Waals surface area contributed by atoms with E-state index in [1.165, 1.54) is 6.07 Å². The number of hydrogen-bond donors (Lipinski definition) is 1. The molecule has 0 saturated carbocycles. The average molecular weight is 329 g/mol. The summed E-state index contributed by atoms with van der Waals surface area (Å²) < 4.78 is 20.0. The van der Waals surface area contributed by atoms with Gasteiger partial charge in [-0.3, -0.25) is 4.79 Å². The Kier molecular flexibility index (Phi) is 5.73. The van der Waals surface area contributed by atoms with Crippen LogP contribution in [0.15, 0.2) is 42.5 Å². The van der Waals surface area contributed by atoms with Crippen LogP contribution in [0.5, 0.6) is 0 Å². The van der Waals surface area contributed by atoms with Crippen molar-refractivity contribution in [3.63, 3.8) is 0 Å². The van der Waals surface area contributed by atoms with Gasteiger partial charge in [-0.1, -0.05) is 42.0 Å². The molecule has 0 amide bonds. The van der Waals surface area contributed by atoms with Crippen molar-refractivity contribution in [2.75, 3.05) is 0 Å². The number of hydrogen-bond acceptors (Lipinski definition) is 3. The minimum absolute atomic E-state index is 0.302. The van der Waals surface area contributed by atoms with Gasteiger partial charge in [-0.15, -0.1) is 0 Å². The van der Waals surface area contributed by atoms with Gasteiger partial charge in [0.2, 0.25) is 0 Å². The Labute approximate surface area is 142 Å². The monoisotopic (exact) mass is 329 g/mol. The summed E-state index contributed by atoms with van der Waals surface area (Å²) in [5.74, 6) is -1.19. The van der Waals surface area contributed by atoms with Crippen LogP contribution in [-0.4, -0.2) is 18.1 Å². The highest BCUT2D eigenvalue weighted by molar-refractivity contribution is 5.75. The zero-order valence-electron chi connectivity index (χ0n) is 14.5. The van der Waals surface area contributed by atoms with Crippen molar-refractivity contribution in [2.45, 2.75) is 45.8 Å². The molecular formula is C20H24FNO2. The van der Waals surface area contributed by atoms with Crippen LogP contribution in [0.3, 0.4) is 0 Å². The predicted molar refractivity (Wildman–Crippen MR) is 93.4 cm³/mol. The summed E-state index contributed by atoms with van der Waals surface area (Å²) in [5, 5.41) is 0. The lowest BCUT2D eigenvalue weighted by atomic mass is 9.86. The largest absolute Gasteiger partial charge is 0.461 e. The van der Waals surface area contributed by atoms with Crippen LogP contribution in [0, 0.1) is 19.7 Å². The molecule has 0 unspecified atom stereocenters. The Balaban J connectivity index is 2.44. The highest BCUT2D eigenvalue weighted by Crippen LogP contribution is 2.32. The van der Waals surface area contributed by atoms with Crippen molar-refractivity contribution in [2.24, 2.45) is 5.73 Å². The minimum Gasteiger partial charge on any atom is -0.461 e. The maximum atomic E-state index is 14.6. The summed E-state index contributed by atoms with van der Waals surface area (Å²) in [5.41, 5.74) is 8.95. The van der Waals surface area contributed by atoms with E-state index < -0.39 is 24.0 Å². The molecule has 0 aliphatic rings. The van der Waals surface area contributed by atoms with Gasteiger partial charge in [0.25, 0.3) is 0 Å². The Morgan fingerprint density at radius 2 is 1.62 bits per heavy atom. The summed E-state index contributed by atoms with van der Waals surface area (Å²) in [6.45, 7) is 7.17. The molecule has 2 aromatic rings. The van der Waals surface area contributed by atoms with E-state index in [1.54, 1.807) is 19.9 Å². The number of benzene rings is 2. The first-order chi connectivity index (χ1) is 11.3. The molecule has 3 atom stereocenters. The molecule has 128 valence electrons. The summed E-state index contributed by atoms with van der Waals surface area (Å²) in [7, 11) is 0. The Bertz CT molecular complexity index is 710. The van der Waals surface area contributed by atoms with Crippen LogP contribution in [0.25, 0.3) is 0 Å². The Morgan fingerprint density at radius 1 is 1.04 bits per heavy atom. The van der Waals surface area contributed by atoms with E-state index in [0.717, 1.165) is 16.7 Å². The fraction of sp³-hybridized carbons (Fsp3) is 0.350. The smallest absolute Gasteiger partial charge is 0.322 e. The topological polar surface area (TPSA) is 52.3 Å². The van der Waals surface area contributed by atoms with E-state index in [4.69, 9.17) is 10.5 Å². The molecule has 0 aliphatic carbocycles. The van der Waals surface area contributed by atoms with Crippen molar-refractivity contribution in [1.82, 2.24) is 0 Å². The second-order valence-corrected chi connectivity index (χ2v) is 6.34. The van der Waals surface area contributed by atoms with Crippen molar-refractivity contribution >= 4 is 5.97 Å². The molecule has 2 N–H and O–H groups in total. The van der Waals surface area contributed by atoms with E-state index in [1.807, 2.05) is 44.2 Å². The first-order valence-electron chi connectivity index (χ1n) is 8.08. The molecule has 0 bridgehead atoms. The van der Waals surface area contributed by atoms with Crippen LogP contribution in [-0.2, 0) is 9.53 Å². The van der Waals surface area contributed by atoms with Crippen molar-refractivity contribution < 1.29 is 13.9 Å². The SMILES string of the molecule is Cc1ccc([C@H](c2ccc(C)cc2F)[C@H](C)OC(=O)[C@H](C)N)cc1. The summed E-state index contributed by atoms with van der Waals surface area (Å²) in [4.78, 5) is 11.9. The molecule has 0 aromatic heterocycles. The molecule has 2 rings (SSSR count). The standard InChI is InChI=1S/C20H24FNO2/c1-12-5-8-16(9-6-12)19(15(4)24-20(23)14(3)22)17-10-7-13(2)11-18(17)21/h5-11,14-15,19H,22H2,1-4H3/t14-,15-,19+/m0/s1. The number of halogens is 1. The summed E-state index contributed by atoms with van der Waals surface area (Å²) in [6, 6.07) is 12.2. The van der Waals surface area contributed by atoms with Crippen molar-refractivity contribution in [3.8, 4) is 0 Å². The lowest BCUT2D eigenvalue weighted by Crippen LogP contribution is -2.34. The fourth-order valence-corrected chi connectivity index (χ4v) is 2.72. The third-order valence-electron chi connectivity index (χ3n) is 4.07. The Hall–Kier alpha value is -2.20. The molecule has 0 aliphatic heterocycles. The van der Waals surface area contributed by atoms with Gasteiger partial charge in [-0.25, -0.2) is 4.39 Å². The van der Waals surface area contributed by atoms with Gasteiger partial charge in [0.1, 0.15) is 18.0 Å². The van der Waals surface area contributed by atoms with Crippen LogP contribution in [0.1, 0.15) is 42.0 Å². The molecule has 2 aromatic carbocycles. The number of ether oxygens (including phenoxy) is 1. The zero-order valence-corrected chi connectivity index (χ0v) is 14.5. The number of esters is 1. The first kappa shape index (κ1) is 18.1. The zero-order chi connectivity index (χ0) is 17.9. The molecule has 0 heterocycles. The second kappa shape index (κ2) is 7.58. The molecule has 3 nitrogen and oxygen atoms in total. The predicted octanol–water partition coefficient (Wildman–Crippen LogP) is 3.85. The molecule has 0 spiro atoms. The van der Waals surface area contributed by atoms with Crippen LogP contribution in [0.4, 0.5) is 4.39 Å². The minimum atomic E-state index is -0.714. The second-order valence-electron chi connectivity index (χ2n) is 6.34. The normalized spacial score (nSPS) is 14.8. The van der Waals surface area contributed by atoms with E-state index in [-0.39, 0.29) is 5.82 Å². The molecule has 0 radical (unpaired) electrons. The molecular weight excluding hydrogens is 305 g/mol. The number of carbonyl (C=O) groups is 1. The lowest BCUT2D eigenvalue weighted by Gasteiger charge is -2.26. The van der Waals surface area contributed by atoms with E-state index in [2.05, 4.69) is 0 Å². The van der Waals surface area contributed by atoms with Crippen molar-refractivity contribution in [3.05, 3.63) is 70.5 Å². The number of rotatable bonds is 5. The quantitative estimate of drug-likeness (QED) is 0.848. The van der Waals surface area contributed by atoms with E-state index >= 15 is 0 Å². The van der Waals surface area contributed by atoms with Crippen LogP contribution >= 0.6 is 0 Å². The van der Waals surface area contributed by atoms with Crippen LogP contribution < -0.4 is 5.73 Å². The van der Waals surface area contributed by atoms with Gasteiger partial charge in [-0.2, -0.15) is 0 Å². The molecule has 0 fully saturated rings.